The highest BCUT2D eigenvalue weighted by atomic mass is 35.5. The Morgan fingerprint density at radius 1 is 1.24 bits per heavy atom. The lowest BCUT2D eigenvalue weighted by molar-refractivity contribution is 0.867. The molecular weight excluding hydrogens is 230 g/mol. The molecule has 0 aliphatic rings. The van der Waals surface area contributed by atoms with Crippen LogP contribution in [0.5, 0.6) is 0 Å². The van der Waals surface area contributed by atoms with Crippen molar-refractivity contribution in [1.29, 1.82) is 0 Å². The van der Waals surface area contributed by atoms with E-state index in [0.717, 1.165) is 34.5 Å². The predicted molar refractivity (Wildman–Crippen MR) is 74.8 cm³/mol. The quantitative estimate of drug-likeness (QED) is 0.747. The molecule has 0 N–H and O–H groups in total. The van der Waals surface area contributed by atoms with E-state index in [1.54, 1.807) is 0 Å². The van der Waals surface area contributed by atoms with E-state index in [9.17, 15) is 0 Å². The fraction of sp³-hybridized carbons (Fsp3) is 0.400. The molecule has 0 radical (unpaired) electrons. The standard InChI is InChI=1S/C15H18ClN/c1-4-5-12-9-14(16)13-8-11(10(2)3)6-7-15(13)17-12/h6-10H,4-5H2,1-3H3. The first-order chi connectivity index (χ1) is 8.11. The van der Waals surface area contributed by atoms with Crippen molar-refractivity contribution in [1.82, 2.24) is 4.98 Å². The molecule has 1 aromatic heterocycles. The lowest BCUT2D eigenvalue weighted by Crippen LogP contribution is -1.93. The normalized spacial score (nSPS) is 11.4. The number of halogens is 1. The SMILES string of the molecule is CCCc1cc(Cl)c2cc(C(C)C)ccc2n1. The highest BCUT2D eigenvalue weighted by molar-refractivity contribution is 6.35. The number of aromatic nitrogens is 1. The second-order valence-electron chi connectivity index (χ2n) is 4.78. The van der Waals surface area contributed by atoms with Gasteiger partial charge in [-0.15, -0.1) is 0 Å². The Morgan fingerprint density at radius 3 is 2.65 bits per heavy atom. The Morgan fingerprint density at radius 2 is 2.00 bits per heavy atom. The van der Waals surface area contributed by atoms with E-state index < -0.39 is 0 Å². The lowest BCUT2D eigenvalue weighted by Gasteiger charge is -2.09. The molecule has 1 aromatic carbocycles. The molecule has 1 nitrogen and oxygen atoms in total. The van der Waals surface area contributed by atoms with Gasteiger partial charge in [-0.05, 0) is 36.1 Å². The van der Waals surface area contributed by atoms with Crippen LogP contribution in [0.4, 0.5) is 0 Å². The van der Waals surface area contributed by atoms with Gasteiger partial charge in [0.1, 0.15) is 0 Å². The molecule has 17 heavy (non-hydrogen) atoms. The Bertz CT molecular complexity index is 532. The van der Waals surface area contributed by atoms with Crippen LogP contribution < -0.4 is 0 Å². The number of hydrogen-bond acceptors (Lipinski definition) is 1. The summed E-state index contributed by atoms with van der Waals surface area (Å²) in [7, 11) is 0. The van der Waals surface area contributed by atoms with Crippen LogP contribution in [0.25, 0.3) is 10.9 Å². The largest absolute Gasteiger partial charge is 0.253 e. The average molecular weight is 248 g/mol. The molecule has 0 saturated carbocycles. The van der Waals surface area contributed by atoms with E-state index in [1.807, 2.05) is 6.07 Å². The first kappa shape index (κ1) is 12.4. The van der Waals surface area contributed by atoms with Crippen molar-refractivity contribution in [3.63, 3.8) is 0 Å². The number of benzene rings is 1. The maximum Gasteiger partial charge on any atom is 0.0720 e. The third-order valence-electron chi connectivity index (χ3n) is 3.01. The van der Waals surface area contributed by atoms with E-state index in [-0.39, 0.29) is 0 Å². The summed E-state index contributed by atoms with van der Waals surface area (Å²) in [5.74, 6) is 0.519. The number of nitrogens with zero attached hydrogens (tertiary/aromatic N) is 1. The highest BCUT2D eigenvalue weighted by Gasteiger charge is 2.06. The molecular formula is C15H18ClN. The van der Waals surface area contributed by atoms with E-state index >= 15 is 0 Å². The van der Waals surface area contributed by atoms with Crippen LogP contribution in [0.15, 0.2) is 24.3 Å². The molecule has 90 valence electrons. The molecule has 0 saturated heterocycles. The summed E-state index contributed by atoms with van der Waals surface area (Å²) in [6, 6.07) is 8.38. The van der Waals surface area contributed by atoms with Crippen molar-refractivity contribution in [2.24, 2.45) is 0 Å². The Balaban J connectivity index is 2.56. The molecule has 2 rings (SSSR count). The van der Waals surface area contributed by atoms with Crippen LogP contribution in [0.2, 0.25) is 5.02 Å². The van der Waals surface area contributed by atoms with Gasteiger partial charge in [-0.3, -0.25) is 4.98 Å². The van der Waals surface area contributed by atoms with Gasteiger partial charge in [-0.1, -0.05) is 44.9 Å². The highest BCUT2D eigenvalue weighted by Crippen LogP contribution is 2.27. The number of pyridine rings is 1. The molecule has 0 spiro atoms. The van der Waals surface area contributed by atoms with E-state index in [0.29, 0.717) is 5.92 Å². The van der Waals surface area contributed by atoms with Gasteiger partial charge in [-0.25, -0.2) is 0 Å². The minimum Gasteiger partial charge on any atom is -0.253 e. The maximum absolute atomic E-state index is 6.33. The zero-order valence-electron chi connectivity index (χ0n) is 10.6. The average Bonchev–Trinajstić information content (AvgIpc) is 2.29. The van der Waals surface area contributed by atoms with Crippen molar-refractivity contribution in [2.45, 2.75) is 39.5 Å². The van der Waals surface area contributed by atoms with Crippen molar-refractivity contribution in [3.05, 3.63) is 40.5 Å². The summed E-state index contributed by atoms with van der Waals surface area (Å²) in [6.07, 6.45) is 2.08. The molecule has 1 heterocycles. The summed E-state index contributed by atoms with van der Waals surface area (Å²) in [6.45, 7) is 6.53. The molecule has 2 aromatic rings. The summed E-state index contributed by atoms with van der Waals surface area (Å²) < 4.78 is 0. The second kappa shape index (κ2) is 5.05. The summed E-state index contributed by atoms with van der Waals surface area (Å²) in [5.41, 5.74) is 3.40. The molecule has 0 aliphatic heterocycles. The summed E-state index contributed by atoms with van der Waals surface area (Å²) in [4.78, 5) is 4.64. The van der Waals surface area contributed by atoms with Gasteiger partial charge in [0, 0.05) is 11.1 Å². The fourth-order valence-corrected chi connectivity index (χ4v) is 2.27. The van der Waals surface area contributed by atoms with Crippen LogP contribution in [-0.2, 0) is 6.42 Å². The Hall–Kier alpha value is -1.08. The van der Waals surface area contributed by atoms with Gasteiger partial charge >= 0.3 is 0 Å². The van der Waals surface area contributed by atoms with Crippen molar-refractivity contribution < 1.29 is 0 Å². The maximum atomic E-state index is 6.33. The predicted octanol–water partition coefficient (Wildman–Crippen LogP) is 4.96. The summed E-state index contributed by atoms with van der Waals surface area (Å²) in [5, 5.41) is 1.89. The number of aryl methyl sites for hydroxylation is 1. The van der Waals surface area contributed by atoms with Gasteiger partial charge in [0.05, 0.1) is 10.5 Å². The topological polar surface area (TPSA) is 12.9 Å². The first-order valence-electron chi connectivity index (χ1n) is 6.21. The Labute approximate surface area is 108 Å². The van der Waals surface area contributed by atoms with E-state index in [2.05, 4.69) is 44.0 Å². The van der Waals surface area contributed by atoms with Crippen LogP contribution in [0, 0.1) is 0 Å². The van der Waals surface area contributed by atoms with Crippen LogP contribution in [0.1, 0.15) is 44.4 Å². The third-order valence-corrected chi connectivity index (χ3v) is 3.32. The molecule has 2 heteroatoms. The van der Waals surface area contributed by atoms with Crippen molar-refractivity contribution in [3.8, 4) is 0 Å². The van der Waals surface area contributed by atoms with Crippen molar-refractivity contribution >= 4 is 22.5 Å². The molecule has 0 aliphatic carbocycles. The third kappa shape index (κ3) is 2.61. The minimum absolute atomic E-state index is 0.519. The van der Waals surface area contributed by atoms with Gasteiger partial charge in [0.2, 0.25) is 0 Å². The van der Waals surface area contributed by atoms with Crippen LogP contribution >= 0.6 is 11.6 Å². The number of rotatable bonds is 3. The molecule has 0 amide bonds. The minimum atomic E-state index is 0.519. The van der Waals surface area contributed by atoms with E-state index in [1.165, 1.54) is 5.56 Å². The molecule has 0 fully saturated rings. The van der Waals surface area contributed by atoms with E-state index in [4.69, 9.17) is 11.6 Å². The molecule has 0 atom stereocenters. The smallest absolute Gasteiger partial charge is 0.0720 e. The van der Waals surface area contributed by atoms with Crippen LogP contribution in [-0.4, -0.2) is 4.98 Å². The molecule has 0 bridgehead atoms. The lowest BCUT2D eigenvalue weighted by atomic mass is 10.0. The van der Waals surface area contributed by atoms with Gasteiger partial charge < -0.3 is 0 Å². The van der Waals surface area contributed by atoms with Gasteiger partial charge in [0.15, 0.2) is 0 Å². The van der Waals surface area contributed by atoms with Crippen LogP contribution in [0.3, 0.4) is 0 Å². The van der Waals surface area contributed by atoms with Gasteiger partial charge in [-0.2, -0.15) is 0 Å². The Kier molecular flexibility index (Phi) is 3.68. The second-order valence-corrected chi connectivity index (χ2v) is 5.18. The fourth-order valence-electron chi connectivity index (χ4n) is 2.00. The number of fused-ring (bicyclic) bond motifs is 1. The summed E-state index contributed by atoms with van der Waals surface area (Å²) >= 11 is 6.33. The monoisotopic (exact) mass is 247 g/mol. The molecule has 0 unspecified atom stereocenters. The zero-order valence-corrected chi connectivity index (χ0v) is 11.4. The van der Waals surface area contributed by atoms with Crippen molar-refractivity contribution in [2.75, 3.05) is 0 Å². The first-order valence-corrected chi connectivity index (χ1v) is 6.58. The zero-order chi connectivity index (χ0) is 12.4. The van der Waals surface area contributed by atoms with Gasteiger partial charge in [0.25, 0.3) is 0 Å². The number of hydrogen-bond donors (Lipinski definition) is 0.